The summed E-state index contributed by atoms with van der Waals surface area (Å²) in [7, 11) is 0. The Morgan fingerprint density at radius 3 is 1.38 bits per heavy atom. The Morgan fingerprint density at radius 1 is 0.508 bits per heavy atom. The number of rotatable bonds is 50. The number of hydrogen-bond acceptors (Lipinski definition) is 22. The molecule has 0 aromatic heterocycles. The van der Waals surface area contributed by atoms with Crippen molar-refractivity contribution in [2.75, 3.05) is 32.7 Å². The van der Waals surface area contributed by atoms with Crippen LogP contribution in [0, 0.1) is 17.8 Å². The minimum absolute atomic E-state index is 0.00822. The number of carboxylic acids is 1. The summed E-state index contributed by atoms with van der Waals surface area (Å²) in [5.74, 6) is -15.8. The van der Waals surface area contributed by atoms with Crippen molar-refractivity contribution in [2.45, 2.75) is 255 Å². The molecule has 3 fully saturated rings. The Labute approximate surface area is 710 Å². The molecule has 42 heteroatoms. The molecule has 3 heterocycles. The van der Waals surface area contributed by atoms with Crippen LogP contribution in [-0.2, 0) is 92.6 Å². The van der Waals surface area contributed by atoms with Gasteiger partial charge in [-0.1, -0.05) is 72.2 Å². The highest BCUT2D eigenvalue weighted by Gasteiger charge is 2.44. The number of nitrogens with two attached hydrogens (primary N) is 6. The fourth-order valence-corrected chi connectivity index (χ4v) is 14.3. The second-order valence-electron chi connectivity index (χ2n) is 31.1. The number of carbonyl (C=O) groups excluding carboxylic acids is 15. The van der Waals surface area contributed by atoms with Crippen molar-refractivity contribution < 1.29 is 95.1 Å². The number of phenolic OH excluding ortho intramolecular Hbond substituents is 2. The van der Waals surface area contributed by atoms with Gasteiger partial charge in [0.1, 0.15) is 90.0 Å². The van der Waals surface area contributed by atoms with Gasteiger partial charge in [-0.15, -0.1) is 0 Å². The minimum Gasteiger partial charge on any atom is -0.508 e. The number of carboxylic acid groups (broad SMARTS) is 1. The number of phenols is 2. The Morgan fingerprint density at radius 2 is 0.917 bits per heavy atom. The second kappa shape index (κ2) is 50.0. The van der Waals surface area contributed by atoms with Gasteiger partial charge in [-0.25, -0.2) is 4.79 Å². The molecule has 14 atom stereocenters. The van der Waals surface area contributed by atoms with Gasteiger partial charge < -0.3 is 121 Å². The lowest BCUT2D eigenvalue weighted by molar-refractivity contribution is -0.144. The highest BCUT2D eigenvalue weighted by atomic mass is 127. The molecule has 0 radical (unpaired) electrons. The van der Waals surface area contributed by atoms with E-state index in [2.05, 4.69) is 68.5 Å². The summed E-state index contributed by atoms with van der Waals surface area (Å²) in [4.78, 5) is 235. The summed E-state index contributed by atoms with van der Waals surface area (Å²) in [6.07, 6.45) is -1.20. The van der Waals surface area contributed by atoms with E-state index in [4.69, 9.17) is 37.5 Å². The first-order valence-corrected chi connectivity index (χ1v) is 41.3. The summed E-state index contributed by atoms with van der Waals surface area (Å²) >= 11 is 1.43. The van der Waals surface area contributed by atoms with E-state index in [1.165, 1.54) is 81.3 Å². The number of guanidine groups is 2. The van der Waals surface area contributed by atoms with E-state index in [9.17, 15) is 82.4 Å². The van der Waals surface area contributed by atoms with Crippen LogP contribution < -0.4 is 92.9 Å². The zero-order valence-corrected chi connectivity index (χ0v) is 70.8. The molecular weight excluding hydrogens is 1680 g/mol. The van der Waals surface area contributed by atoms with Gasteiger partial charge in [0.15, 0.2) is 34.9 Å². The zero-order chi connectivity index (χ0) is 89.0. The summed E-state index contributed by atoms with van der Waals surface area (Å²) in [6, 6.07) is -6.99. The number of carbonyl (C=O) groups is 16. The Hall–Kier alpha value is -11.2. The predicted molar refractivity (Wildman–Crippen MR) is 445 cm³/mol. The van der Waals surface area contributed by atoms with Crippen LogP contribution in [0.5, 0.6) is 11.5 Å². The van der Waals surface area contributed by atoms with Gasteiger partial charge in [0, 0.05) is 51.9 Å². The molecule has 14 unspecified atom stereocenters. The van der Waals surface area contributed by atoms with Crippen molar-refractivity contribution in [1.82, 2.24) is 68.3 Å². The molecule has 3 aliphatic rings. The van der Waals surface area contributed by atoms with Crippen LogP contribution in [0.25, 0.3) is 0 Å². The van der Waals surface area contributed by atoms with Crippen LogP contribution in [0.3, 0.4) is 0 Å². The van der Waals surface area contributed by atoms with Gasteiger partial charge in [-0.05, 0) is 156 Å². The Balaban J connectivity index is 1.41. The molecule has 2 aromatic carbocycles. The van der Waals surface area contributed by atoms with Gasteiger partial charge in [0.05, 0.1) is 6.42 Å². The van der Waals surface area contributed by atoms with E-state index in [1.54, 1.807) is 27.7 Å². The molecule has 120 heavy (non-hydrogen) atoms. The van der Waals surface area contributed by atoms with Crippen LogP contribution in [-0.4, -0.2) is 243 Å². The van der Waals surface area contributed by atoms with E-state index in [-0.39, 0.29) is 177 Å². The van der Waals surface area contributed by atoms with Crippen LogP contribution >= 0.6 is 23.0 Å². The van der Waals surface area contributed by atoms with E-state index >= 15 is 9.59 Å². The number of primary amides is 1. The molecule has 14 amide bonds. The van der Waals surface area contributed by atoms with E-state index in [0.717, 1.165) is 0 Å². The zero-order valence-electron chi connectivity index (χ0n) is 68.7. The summed E-state index contributed by atoms with van der Waals surface area (Å²) in [5.41, 5.74) is 35.0. The van der Waals surface area contributed by atoms with Gasteiger partial charge in [-0.3, -0.25) is 81.9 Å². The number of hydrogen-bond donors (Lipinski definition) is 20. The number of aliphatic imine (C=N–C) groups is 2. The second-order valence-corrected chi connectivity index (χ2v) is 31.6. The maximum absolute atomic E-state index is 15.2. The lowest BCUT2D eigenvalue weighted by Crippen LogP contribution is -2.61. The molecule has 0 bridgehead atoms. The fourth-order valence-electron chi connectivity index (χ4n) is 14.0. The lowest BCUT2D eigenvalue weighted by atomic mass is 9.96. The molecule has 26 N–H and O–H groups in total. The van der Waals surface area contributed by atoms with E-state index in [1.807, 2.05) is 13.8 Å². The van der Waals surface area contributed by atoms with Crippen LogP contribution in [0.15, 0.2) is 58.5 Å². The van der Waals surface area contributed by atoms with Crippen molar-refractivity contribution in [3.63, 3.8) is 0 Å². The molecule has 41 nitrogen and oxygen atoms in total. The molecule has 664 valence electrons. The van der Waals surface area contributed by atoms with E-state index < -0.39 is 192 Å². The molecule has 3 aliphatic heterocycles. The highest BCUT2D eigenvalue weighted by Crippen LogP contribution is 2.25. The van der Waals surface area contributed by atoms with Gasteiger partial charge in [0.2, 0.25) is 82.7 Å². The highest BCUT2D eigenvalue weighted by molar-refractivity contribution is 14.1. The van der Waals surface area contributed by atoms with Gasteiger partial charge in [-0.2, -0.15) is 0 Å². The first-order chi connectivity index (χ1) is 56.8. The number of aromatic hydroxyl groups is 2. The molecule has 2 aromatic rings. The van der Waals surface area contributed by atoms with Crippen molar-refractivity contribution >= 4 is 130 Å². The number of halogens is 1. The number of benzene rings is 2. The number of nitrogens with one attached hydrogen (secondary N) is 11. The van der Waals surface area contributed by atoms with Crippen molar-refractivity contribution in [1.29, 1.82) is 0 Å². The largest absolute Gasteiger partial charge is 0.508 e. The number of aliphatic carboxylic acids is 1. The molecule has 0 spiro atoms. The first-order valence-electron chi connectivity index (χ1n) is 40.5. The topological polar surface area (TPSA) is 663 Å². The first kappa shape index (κ1) is 99.4. The summed E-state index contributed by atoms with van der Waals surface area (Å²) in [5, 5.41) is 59.0. The molecule has 0 aliphatic carbocycles. The summed E-state index contributed by atoms with van der Waals surface area (Å²) < 4.78 is 4.93. The average Bonchev–Trinajstić information content (AvgIpc) is 1.62. The van der Waals surface area contributed by atoms with Crippen LogP contribution in [0.1, 0.15) is 175 Å². The normalized spacial score (nSPS) is 17.7. The molecule has 3 saturated heterocycles. The van der Waals surface area contributed by atoms with Crippen molar-refractivity contribution in [3.05, 3.63) is 59.7 Å². The lowest BCUT2D eigenvalue weighted by Gasteiger charge is -2.32. The number of likely N-dealkylation sites (tertiary alicyclic amines) is 2. The third kappa shape index (κ3) is 33.2. The van der Waals surface area contributed by atoms with Crippen molar-refractivity contribution in [2.24, 2.45) is 62.1 Å². The van der Waals surface area contributed by atoms with Crippen LogP contribution in [0.4, 0.5) is 0 Å². The predicted octanol–water partition coefficient (Wildman–Crippen LogP) is -3.00. The van der Waals surface area contributed by atoms with E-state index in [0.29, 0.717) is 24.0 Å². The third-order valence-corrected chi connectivity index (χ3v) is 21.0. The third-order valence-electron chi connectivity index (χ3n) is 20.5. The number of unbranched alkanes of at least 4 members (excludes halogenated alkanes) is 1. The van der Waals surface area contributed by atoms with Crippen LogP contribution in [0.2, 0.25) is 0 Å². The fraction of sp³-hybridized carbons (Fsp3) is 0.615. The quantitative estimate of drug-likeness (QED) is 0.0136. The Bertz CT molecular complexity index is 3940. The average molecular weight is 1800 g/mol. The summed E-state index contributed by atoms with van der Waals surface area (Å²) in [6.45, 7) is 10.7. The molecule has 0 saturated carbocycles. The van der Waals surface area contributed by atoms with Gasteiger partial charge in [0.25, 0.3) is 0 Å². The number of amides is 14. The van der Waals surface area contributed by atoms with Gasteiger partial charge >= 0.3 is 11.9 Å². The molecular formula is C78H120IN21O20. The monoisotopic (exact) mass is 1800 g/mol. The number of nitrogens with zero attached hydrogens (tertiary/aromatic N) is 4. The Kier molecular flexibility index (Phi) is 41.4. The maximum Gasteiger partial charge on any atom is 0.338 e. The maximum atomic E-state index is 15.2. The SMILES string of the molecule is CCC(C)C(NC(=O)C(Cc1ccc(O)cc1)NC(=O)C1CCCN1C(=O)C(CCCN=C(N)N)NC(=O)C(CCCN=C(N)N)NC(=O)C1CCCN1C(=O)C(CCCCN)NC(=O)C(CC(N)=O)NC(=O)C(CCC(=O)O)NC(=O)C(Cc1ccc(O)cc1)NC(=O)C(CC(C)C)NC(=O)C1CCC(=O)N1)C(=O)NC(CC(C)C)C(=O)OI. The smallest absolute Gasteiger partial charge is 0.338 e. The van der Waals surface area contributed by atoms with Crippen molar-refractivity contribution in [3.8, 4) is 11.5 Å². The molecule has 5 rings (SSSR count). The minimum atomic E-state index is -1.93. The standard InChI is InChI=1S/C78H120IN21O20/c1-7-43(6)63(73(116)97-57(37-42(4)5)76(119)120-79)98-70(113)55(39-45-21-25-47(102)26-22-45)96-72(115)59-18-13-35-100(59)75(118)52(16-11-33-87-78(84)85)91-64(107)48(15-10-32-86-77(82)83)90-71(114)58-17-12-34-99(58)74(117)51(14-8-9-31-80)92-69(112)56(40-60(81)103)95-66(109)50(28-30-62(105)106)89-68(111)54(38-44-19-23-46(101)24-20-44)94-67(110)53(36-41(2)3)93-65(108)49-27-29-61(104)88-49/h19-26,41-43,48-59,63,101-102H,7-18,27-40,80H2,1-6H3,(H2,81,103)(H,88,104)(H,89,111)(H,90,114)(H,91,107)(H,92,112)(H,93,108)(H,94,110)(H,95,109)(H,96,115)(H,97,116)(H,98,113)(H,105,106)(H4,82,83,86)(H4,84,85,87).